The van der Waals surface area contributed by atoms with Gasteiger partial charge in [0, 0.05) is 24.9 Å². The van der Waals surface area contributed by atoms with Crippen molar-refractivity contribution in [1.29, 1.82) is 0 Å². The molecule has 0 aliphatic heterocycles. The summed E-state index contributed by atoms with van der Waals surface area (Å²) in [5, 5.41) is 24.6. The summed E-state index contributed by atoms with van der Waals surface area (Å²) in [6.45, 7) is 3.87. The summed E-state index contributed by atoms with van der Waals surface area (Å²) >= 11 is 0. The number of hydrogen-bond acceptors (Lipinski definition) is 6. The number of rotatable bonds is 11. The number of aryl methyl sites for hydroxylation is 1. The molecule has 1 heterocycles. The molecule has 0 spiro atoms. The molecular formula is C21H29BN4O4. The largest absolute Gasteiger partial charge is 0.475 e. The first-order chi connectivity index (χ1) is 14.3. The van der Waals surface area contributed by atoms with Crippen LogP contribution in [0.1, 0.15) is 49.2 Å². The van der Waals surface area contributed by atoms with E-state index in [4.69, 9.17) is 0 Å². The van der Waals surface area contributed by atoms with Gasteiger partial charge in [0.15, 0.2) is 0 Å². The van der Waals surface area contributed by atoms with E-state index >= 15 is 0 Å². The number of nitrogens with one attached hydrogen (secondary N) is 2. The van der Waals surface area contributed by atoms with Crippen molar-refractivity contribution >= 4 is 18.9 Å². The van der Waals surface area contributed by atoms with Gasteiger partial charge >= 0.3 is 7.12 Å². The maximum Gasteiger partial charge on any atom is 0.475 e. The third kappa shape index (κ3) is 8.30. The molecule has 1 aromatic heterocycles. The molecule has 2 rings (SSSR count). The van der Waals surface area contributed by atoms with Gasteiger partial charge in [-0.05, 0) is 30.7 Å². The highest BCUT2D eigenvalue weighted by Crippen LogP contribution is 2.10. The van der Waals surface area contributed by atoms with Gasteiger partial charge in [0.2, 0.25) is 5.91 Å². The van der Waals surface area contributed by atoms with Crippen LogP contribution in [0.5, 0.6) is 0 Å². The van der Waals surface area contributed by atoms with Crippen molar-refractivity contribution in [2.45, 2.75) is 51.5 Å². The van der Waals surface area contributed by atoms with E-state index in [1.807, 2.05) is 44.2 Å². The van der Waals surface area contributed by atoms with Crippen molar-refractivity contribution < 1.29 is 19.6 Å². The van der Waals surface area contributed by atoms with Gasteiger partial charge in [-0.1, -0.05) is 44.2 Å². The van der Waals surface area contributed by atoms with E-state index in [9.17, 15) is 19.6 Å². The standard InChI is InChI=1S/C21H29BN4O4/c1-15(2)12-19(22(29)30)26-20(27)13-17(9-8-16-6-4-3-5-7-16)25-21(28)18-14-23-10-11-24-18/h3-7,10-11,14-15,17,19,29-30H,8-9,12-13H2,1-2H3,(H,25,28)(H,26,27)/t17-,19-/m0/s1. The zero-order valence-corrected chi connectivity index (χ0v) is 17.4. The Labute approximate surface area is 177 Å². The zero-order valence-electron chi connectivity index (χ0n) is 17.4. The number of amides is 2. The van der Waals surface area contributed by atoms with Crippen molar-refractivity contribution in [2.24, 2.45) is 5.92 Å². The summed E-state index contributed by atoms with van der Waals surface area (Å²) in [4.78, 5) is 33.0. The molecule has 2 atom stereocenters. The van der Waals surface area contributed by atoms with Crippen LogP contribution < -0.4 is 10.6 Å². The first kappa shape index (κ1) is 23.5. The molecule has 4 N–H and O–H groups in total. The number of aromatic nitrogens is 2. The maximum absolute atomic E-state index is 12.6. The lowest BCUT2D eigenvalue weighted by molar-refractivity contribution is -0.122. The quantitative estimate of drug-likeness (QED) is 0.411. The molecule has 30 heavy (non-hydrogen) atoms. The fourth-order valence-electron chi connectivity index (χ4n) is 3.14. The third-order valence-corrected chi connectivity index (χ3v) is 4.62. The second kappa shape index (κ2) is 12.0. The molecular weight excluding hydrogens is 383 g/mol. The van der Waals surface area contributed by atoms with Gasteiger partial charge in [0.1, 0.15) is 5.69 Å². The Hall–Kier alpha value is -2.78. The second-order valence-corrected chi connectivity index (χ2v) is 7.71. The number of hydrogen-bond donors (Lipinski definition) is 4. The molecule has 1 aromatic carbocycles. The van der Waals surface area contributed by atoms with Crippen LogP contribution in [0.2, 0.25) is 0 Å². The Morgan fingerprint density at radius 2 is 1.83 bits per heavy atom. The van der Waals surface area contributed by atoms with E-state index in [0.29, 0.717) is 19.3 Å². The normalized spacial score (nSPS) is 12.8. The fourth-order valence-corrected chi connectivity index (χ4v) is 3.14. The number of carbonyl (C=O) groups is 2. The van der Waals surface area contributed by atoms with Crippen LogP contribution in [0.3, 0.4) is 0 Å². The SMILES string of the molecule is CC(C)C[C@H](NC(=O)C[C@H](CCc1ccccc1)NC(=O)c1cnccn1)B(O)O. The van der Waals surface area contributed by atoms with Crippen LogP contribution in [0.4, 0.5) is 0 Å². The molecule has 0 aliphatic carbocycles. The van der Waals surface area contributed by atoms with E-state index < -0.39 is 25.0 Å². The number of benzene rings is 1. The minimum Gasteiger partial charge on any atom is -0.426 e. The minimum atomic E-state index is -1.65. The van der Waals surface area contributed by atoms with Crippen LogP contribution in [0.15, 0.2) is 48.9 Å². The van der Waals surface area contributed by atoms with Gasteiger partial charge in [0.25, 0.3) is 5.91 Å². The lowest BCUT2D eigenvalue weighted by Crippen LogP contribution is -2.49. The van der Waals surface area contributed by atoms with Gasteiger partial charge in [-0.2, -0.15) is 0 Å². The average Bonchev–Trinajstić information content (AvgIpc) is 2.72. The highest BCUT2D eigenvalue weighted by molar-refractivity contribution is 6.43. The molecule has 8 nitrogen and oxygen atoms in total. The van der Waals surface area contributed by atoms with E-state index in [1.165, 1.54) is 18.6 Å². The van der Waals surface area contributed by atoms with Gasteiger partial charge in [0.05, 0.1) is 12.1 Å². The van der Waals surface area contributed by atoms with Crippen LogP contribution in [0, 0.1) is 5.92 Å². The Kier molecular flexibility index (Phi) is 9.43. The van der Waals surface area contributed by atoms with Crippen molar-refractivity contribution in [1.82, 2.24) is 20.6 Å². The topological polar surface area (TPSA) is 124 Å². The molecule has 0 unspecified atom stereocenters. The Balaban J connectivity index is 2.03. The van der Waals surface area contributed by atoms with Gasteiger partial charge in [-0.3, -0.25) is 14.6 Å². The number of carbonyl (C=O) groups excluding carboxylic acids is 2. The van der Waals surface area contributed by atoms with Crippen molar-refractivity contribution in [2.75, 3.05) is 0 Å². The summed E-state index contributed by atoms with van der Waals surface area (Å²) < 4.78 is 0. The minimum absolute atomic E-state index is 0.0140. The summed E-state index contributed by atoms with van der Waals surface area (Å²) in [5.74, 6) is -1.34. The first-order valence-corrected chi connectivity index (χ1v) is 10.1. The molecule has 9 heteroatoms. The second-order valence-electron chi connectivity index (χ2n) is 7.71. The molecule has 160 valence electrons. The molecule has 0 saturated heterocycles. The predicted octanol–water partition coefficient (Wildman–Crippen LogP) is 1.14. The monoisotopic (exact) mass is 412 g/mol. The molecule has 0 fully saturated rings. The smallest absolute Gasteiger partial charge is 0.426 e. The van der Waals surface area contributed by atoms with Crippen LogP contribution >= 0.6 is 0 Å². The van der Waals surface area contributed by atoms with E-state index in [1.54, 1.807) is 0 Å². The molecule has 2 amide bonds. The molecule has 0 bridgehead atoms. The van der Waals surface area contributed by atoms with Crippen molar-refractivity contribution in [3.05, 3.63) is 60.2 Å². The van der Waals surface area contributed by atoms with Crippen LogP contribution in [0.25, 0.3) is 0 Å². The molecule has 0 saturated carbocycles. The Bertz CT molecular complexity index is 790. The highest BCUT2D eigenvalue weighted by Gasteiger charge is 2.27. The fraction of sp³-hybridized carbons (Fsp3) is 0.429. The van der Waals surface area contributed by atoms with Crippen LogP contribution in [-0.2, 0) is 11.2 Å². The molecule has 0 radical (unpaired) electrons. The van der Waals surface area contributed by atoms with Crippen LogP contribution in [-0.4, -0.2) is 50.9 Å². The lowest BCUT2D eigenvalue weighted by Gasteiger charge is -2.22. The van der Waals surface area contributed by atoms with Crippen molar-refractivity contribution in [3.63, 3.8) is 0 Å². The maximum atomic E-state index is 12.6. The van der Waals surface area contributed by atoms with Gasteiger partial charge in [-0.25, -0.2) is 4.98 Å². The van der Waals surface area contributed by atoms with E-state index in [2.05, 4.69) is 20.6 Å². The Morgan fingerprint density at radius 3 is 2.43 bits per heavy atom. The molecule has 0 aliphatic rings. The van der Waals surface area contributed by atoms with Gasteiger partial charge in [-0.15, -0.1) is 0 Å². The summed E-state index contributed by atoms with van der Waals surface area (Å²) in [7, 11) is -1.65. The zero-order chi connectivity index (χ0) is 21.9. The third-order valence-electron chi connectivity index (χ3n) is 4.62. The van der Waals surface area contributed by atoms with E-state index in [-0.39, 0.29) is 23.9 Å². The first-order valence-electron chi connectivity index (χ1n) is 10.1. The number of nitrogens with zero attached hydrogens (tertiary/aromatic N) is 2. The van der Waals surface area contributed by atoms with Crippen molar-refractivity contribution in [3.8, 4) is 0 Å². The molecule has 2 aromatic rings. The lowest BCUT2D eigenvalue weighted by atomic mass is 9.75. The summed E-state index contributed by atoms with van der Waals surface area (Å²) in [6, 6.07) is 9.34. The average molecular weight is 412 g/mol. The van der Waals surface area contributed by atoms with Gasteiger partial charge < -0.3 is 20.7 Å². The summed E-state index contributed by atoms with van der Waals surface area (Å²) in [6.07, 6.45) is 5.94. The predicted molar refractivity (Wildman–Crippen MR) is 114 cm³/mol. The highest BCUT2D eigenvalue weighted by atomic mass is 16.4. The van der Waals surface area contributed by atoms with E-state index in [0.717, 1.165) is 5.56 Å². The Morgan fingerprint density at radius 1 is 1.10 bits per heavy atom. The summed E-state index contributed by atoms with van der Waals surface area (Å²) in [5.41, 5.74) is 1.27.